The number of nitrogens with zero attached hydrogens (tertiary/aromatic N) is 1. The number of fused-ring (bicyclic) bond motifs is 1. The highest BCUT2D eigenvalue weighted by atomic mass is 16.5. The van der Waals surface area contributed by atoms with Gasteiger partial charge in [-0.15, -0.1) is 0 Å². The molecule has 5 heteroatoms. The predicted octanol–water partition coefficient (Wildman–Crippen LogP) is 5.70. The van der Waals surface area contributed by atoms with E-state index in [0.29, 0.717) is 11.1 Å². The van der Waals surface area contributed by atoms with E-state index in [1.54, 1.807) is 13.2 Å². The van der Waals surface area contributed by atoms with Gasteiger partial charge >= 0.3 is 5.97 Å². The van der Waals surface area contributed by atoms with Gasteiger partial charge in [-0.3, -0.25) is 9.69 Å². The number of hydrogen-bond donors (Lipinski definition) is 0. The highest BCUT2D eigenvalue weighted by molar-refractivity contribution is 6.04. The quantitative estimate of drug-likeness (QED) is 0.447. The second kappa shape index (κ2) is 9.31. The van der Waals surface area contributed by atoms with Crippen LogP contribution in [0.5, 0.6) is 5.75 Å². The highest BCUT2D eigenvalue weighted by Gasteiger charge is 2.52. The van der Waals surface area contributed by atoms with Crippen LogP contribution in [0.4, 0.5) is 0 Å². The molecule has 0 radical (unpaired) electrons. The summed E-state index contributed by atoms with van der Waals surface area (Å²) in [5, 5.41) is 0. The number of Topliss-reactive ketones (excluding diaryl/α,β-unsaturated/α-hetero) is 1. The van der Waals surface area contributed by atoms with Gasteiger partial charge in [-0.25, -0.2) is 4.79 Å². The van der Waals surface area contributed by atoms with Crippen molar-refractivity contribution in [1.82, 2.24) is 4.90 Å². The van der Waals surface area contributed by atoms with Crippen molar-refractivity contribution in [3.8, 4) is 5.75 Å². The van der Waals surface area contributed by atoms with E-state index in [1.807, 2.05) is 42.5 Å². The molecule has 2 aliphatic rings. The zero-order chi connectivity index (χ0) is 24.6. The minimum atomic E-state index is -0.378. The first-order valence-electron chi connectivity index (χ1n) is 12.1. The maximum Gasteiger partial charge on any atom is 0.337 e. The molecule has 182 valence electrons. The molecule has 3 aromatic rings. The standard InChI is InChI=1S/C30H31NO4.H2/c1-20-26-15-23(29(33)35-3)11-14-25(26)28(32)27(22-9-12-24(34-2)13-10-22)16-30(20)18-31(19-30)17-21-7-5-4-6-8-21;/h4-15,20,27H,16-19H2,1-3H3;1H. The van der Waals surface area contributed by atoms with Gasteiger partial charge in [-0.1, -0.05) is 55.5 Å². The minimum absolute atomic E-state index is 0. The lowest BCUT2D eigenvalue weighted by atomic mass is 9.63. The van der Waals surface area contributed by atoms with Crippen molar-refractivity contribution in [2.24, 2.45) is 5.41 Å². The van der Waals surface area contributed by atoms with E-state index in [-0.39, 0.29) is 30.4 Å². The third kappa shape index (κ3) is 4.25. The molecule has 0 bridgehead atoms. The zero-order valence-corrected chi connectivity index (χ0v) is 20.5. The Labute approximate surface area is 208 Å². The Kier molecular flexibility index (Phi) is 6.20. The maximum absolute atomic E-state index is 13.9. The molecule has 1 spiro atoms. The van der Waals surface area contributed by atoms with E-state index < -0.39 is 0 Å². The fraction of sp³-hybridized carbons (Fsp3) is 0.333. The van der Waals surface area contributed by atoms with Gasteiger partial charge in [-0.05, 0) is 53.3 Å². The van der Waals surface area contributed by atoms with Crippen LogP contribution >= 0.6 is 0 Å². The minimum Gasteiger partial charge on any atom is -0.497 e. The van der Waals surface area contributed by atoms with Gasteiger partial charge in [-0.2, -0.15) is 0 Å². The third-order valence-electron chi connectivity index (χ3n) is 7.89. The van der Waals surface area contributed by atoms with Crippen molar-refractivity contribution < 1.29 is 20.5 Å². The van der Waals surface area contributed by atoms with Crippen LogP contribution < -0.4 is 4.74 Å². The number of carbonyl (C=O) groups is 2. The zero-order valence-electron chi connectivity index (χ0n) is 20.5. The number of rotatable bonds is 5. The number of hydrogen-bond acceptors (Lipinski definition) is 5. The molecule has 0 aromatic heterocycles. The van der Waals surface area contributed by atoms with Crippen molar-refractivity contribution in [3.63, 3.8) is 0 Å². The molecule has 2 atom stereocenters. The number of ether oxygens (including phenoxy) is 2. The SMILES string of the molecule is COC(=O)c1ccc2c(c1)C(C)C1(CC(c3ccc(OC)cc3)C2=O)CN(Cc2ccccc2)C1.[HH]. The van der Waals surface area contributed by atoms with Crippen molar-refractivity contribution >= 4 is 11.8 Å². The first kappa shape index (κ1) is 23.3. The van der Waals surface area contributed by atoms with Gasteiger partial charge in [0.05, 0.1) is 19.8 Å². The van der Waals surface area contributed by atoms with Crippen LogP contribution in [0.3, 0.4) is 0 Å². The lowest BCUT2D eigenvalue weighted by molar-refractivity contribution is -0.0323. The van der Waals surface area contributed by atoms with Crippen LogP contribution in [0.2, 0.25) is 0 Å². The summed E-state index contributed by atoms with van der Waals surface area (Å²) in [5.41, 5.74) is 4.39. The molecule has 1 saturated heterocycles. The molecule has 1 fully saturated rings. The van der Waals surface area contributed by atoms with Crippen LogP contribution in [-0.2, 0) is 11.3 Å². The summed E-state index contributed by atoms with van der Waals surface area (Å²) in [5.74, 6) is 0.399. The summed E-state index contributed by atoms with van der Waals surface area (Å²) in [6.07, 6.45) is 0.771. The Balaban J connectivity index is 0.00000304. The van der Waals surface area contributed by atoms with Crippen LogP contribution in [0, 0.1) is 5.41 Å². The molecule has 35 heavy (non-hydrogen) atoms. The predicted molar refractivity (Wildman–Crippen MR) is 137 cm³/mol. The van der Waals surface area contributed by atoms with Crippen molar-refractivity contribution in [2.45, 2.75) is 31.7 Å². The molecule has 1 heterocycles. The van der Waals surface area contributed by atoms with E-state index in [1.165, 1.54) is 12.7 Å². The number of ketones is 1. The van der Waals surface area contributed by atoms with Gasteiger partial charge in [0, 0.05) is 38.0 Å². The van der Waals surface area contributed by atoms with Gasteiger partial charge in [0.15, 0.2) is 5.78 Å². The summed E-state index contributed by atoms with van der Waals surface area (Å²) >= 11 is 0. The molecule has 1 aliphatic carbocycles. The average molecular weight is 472 g/mol. The molecule has 0 saturated carbocycles. The van der Waals surface area contributed by atoms with E-state index in [2.05, 4.69) is 36.1 Å². The molecule has 0 amide bonds. The Bertz CT molecular complexity index is 1240. The van der Waals surface area contributed by atoms with Crippen LogP contribution in [0.15, 0.2) is 72.8 Å². The summed E-state index contributed by atoms with van der Waals surface area (Å²) in [7, 11) is 3.03. The largest absolute Gasteiger partial charge is 0.497 e. The average Bonchev–Trinajstić information content (AvgIpc) is 2.97. The molecule has 5 nitrogen and oxygen atoms in total. The first-order chi connectivity index (χ1) is 16.9. The second-order valence-corrected chi connectivity index (χ2v) is 9.90. The molecule has 0 N–H and O–H groups in total. The Morgan fingerprint density at radius 1 is 1.03 bits per heavy atom. The second-order valence-electron chi connectivity index (χ2n) is 9.90. The van der Waals surface area contributed by atoms with E-state index in [9.17, 15) is 9.59 Å². The van der Waals surface area contributed by atoms with Crippen molar-refractivity contribution in [3.05, 3.63) is 101 Å². The molecule has 2 unspecified atom stereocenters. The molecule has 5 rings (SSSR count). The number of carbonyl (C=O) groups excluding carboxylic acids is 2. The van der Waals surface area contributed by atoms with Gasteiger partial charge in [0.2, 0.25) is 0 Å². The number of methoxy groups -OCH3 is 2. The van der Waals surface area contributed by atoms with E-state index >= 15 is 0 Å². The molecule has 3 aromatic carbocycles. The smallest absolute Gasteiger partial charge is 0.337 e. The highest BCUT2D eigenvalue weighted by Crippen LogP contribution is 2.53. The third-order valence-corrected chi connectivity index (χ3v) is 7.89. The van der Waals surface area contributed by atoms with Gasteiger partial charge in [0.1, 0.15) is 5.75 Å². The number of likely N-dealkylation sites (tertiary alicyclic amines) is 1. The Hall–Kier alpha value is -3.44. The number of esters is 1. The van der Waals surface area contributed by atoms with Crippen LogP contribution in [-0.4, -0.2) is 44.0 Å². The Morgan fingerprint density at radius 2 is 1.74 bits per heavy atom. The van der Waals surface area contributed by atoms with E-state index in [4.69, 9.17) is 9.47 Å². The normalized spacial score (nSPS) is 21.1. The maximum atomic E-state index is 13.9. The topological polar surface area (TPSA) is 55.8 Å². The van der Waals surface area contributed by atoms with Gasteiger partial charge < -0.3 is 9.47 Å². The first-order valence-corrected chi connectivity index (χ1v) is 12.1. The fourth-order valence-corrected chi connectivity index (χ4v) is 5.89. The van der Waals surface area contributed by atoms with E-state index in [0.717, 1.165) is 42.9 Å². The monoisotopic (exact) mass is 471 g/mol. The summed E-state index contributed by atoms with van der Waals surface area (Å²) < 4.78 is 10.3. The lowest BCUT2D eigenvalue weighted by Gasteiger charge is -2.54. The van der Waals surface area contributed by atoms with Gasteiger partial charge in [0.25, 0.3) is 0 Å². The van der Waals surface area contributed by atoms with Crippen LogP contribution in [0.25, 0.3) is 0 Å². The summed E-state index contributed by atoms with van der Waals surface area (Å²) in [6, 6.07) is 23.8. The molecule has 1 aliphatic heterocycles. The summed E-state index contributed by atoms with van der Waals surface area (Å²) in [6.45, 7) is 4.92. The van der Waals surface area contributed by atoms with Crippen molar-refractivity contribution in [2.75, 3.05) is 27.3 Å². The fourth-order valence-electron chi connectivity index (χ4n) is 5.89. The molecular formula is C30H33NO4. The summed E-state index contributed by atoms with van der Waals surface area (Å²) in [4.78, 5) is 28.7. The number of benzene rings is 3. The molecular weight excluding hydrogens is 438 g/mol. The van der Waals surface area contributed by atoms with Crippen LogP contribution in [0.1, 0.15) is 64.0 Å². The lowest BCUT2D eigenvalue weighted by Crippen LogP contribution is -2.58. The van der Waals surface area contributed by atoms with Crippen molar-refractivity contribution in [1.29, 1.82) is 0 Å². The Morgan fingerprint density at radius 3 is 2.40 bits per heavy atom.